The molecule has 0 heterocycles. The molecule has 3 aromatic rings. The van der Waals surface area contributed by atoms with E-state index in [2.05, 4.69) is 29.4 Å². The van der Waals surface area contributed by atoms with Crippen LogP contribution < -0.4 is 0 Å². The van der Waals surface area contributed by atoms with Crippen LogP contribution in [-0.2, 0) is 11.3 Å². The molecule has 0 aromatic heterocycles. The maximum Gasteiger partial charge on any atom is 0.121 e. The molecule has 0 aliphatic rings. The van der Waals surface area contributed by atoms with E-state index in [1.807, 2.05) is 60.7 Å². The van der Waals surface area contributed by atoms with Gasteiger partial charge in [0.2, 0.25) is 0 Å². The van der Waals surface area contributed by atoms with Crippen LogP contribution in [0.3, 0.4) is 0 Å². The molecule has 0 bridgehead atoms. The van der Waals surface area contributed by atoms with E-state index in [1.54, 1.807) is 6.08 Å². The molecule has 0 atom stereocenters. The van der Waals surface area contributed by atoms with E-state index in [0.717, 1.165) is 11.1 Å². The lowest BCUT2D eigenvalue weighted by molar-refractivity contribution is 0.212. The van der Waals surface area contributed by atoms with Crippen molar-refractivity contribution in [2.75, 3.05) is 0 Å². The molecule has 3 heteroatoms. The van der Waals surface area contributed by atoms with Gasteiger partial charge in [0.15, 0.2) is 0 Å². The Morgan fingerprint density at radius 1 is 0.920 bits per heavy atom. The second kappa shape index (κ2) is 8.50. The summed E-state index contributed by atoms with van der Waals surface area (Å²) in [5.41, 5.74) is 2.18. The summed E-state index contributed by atoms with van der Waals surface area (Å²) in [6.45, 7) is 0.450. The largest absolute Gasteiger partial charge is 0.489 e. The van der Waals surface area contributed by atoms with Gasteiger partial charge < -0.3 is 9.94 Å². The molecule has 0 spiro atoms. The van der Waals surface area contributed by atoms with Crippen LogP contribution in [0, 0.1) is 0 Å². The van der Waals surface area contributed by atoms with Gasteiger partial charge in [-0.1, -0.05) is 84.0 Å². The van der Waals surface area contributed by atoms with E-state index in [1.165, 1.54) is 17.0 Å². The highest BCUT2D eigenvalue weighted by Gasteiger charge is 1.99. The van der Waals surface area contributed by atoms with Crippen LogP contribution in [0.2, 0.25) is 0 Å². The zero-order valence-electron chi connectivity index (χ0n) is 13.7. The molecule has 3 aromatic carbocycles. The Labute approximate surface area is 147 Å². The van der Waals surface area contributed by atoms with Gasteiger partial charge >= 0.3 is 0 Å². The van der Waals surface area contributed by atoms with Gasteiger partial charge in [-0.05, 0) is 28.0 Å². The Hall–Kier alpha value is -3.33. The lowest BCUT2D eigenvalue weighted by Crippen LogP contribution is -1.92. The zero-order chi connectivity index (χ0) is 17.3. The number of benzene rings is 3. The Morgan fingerprint density at radius 3 is 2.52 bits per heavy atom. The van der Waals surface area contributed by atoms with Crippen molar-refractivity contribution in [1.29, 1.82) is 0 Å². The number of rotatable bonds is 6. The third kappa shape index (κ3) is 4.58. The van der Waals surface area contributed by atoms with E-state index < -0.39 is 0 Å². The predicted molar refractivity (Wildman–Crippen MR) is 103 cm³/mol. The van der Waals surface area contributed by atoms with Crippen LogP contribution in [0.1, 0.15) is 11.1 Å². The molecule has 0 amide bonds. The molecule has 25 heavy (non-hydrogen) atoms. The standard InChI is InChI=1S/C22H19NO2/c24-23-16-15-21(25-17-18-7-2-1-3-8-18)14-13-20-11-6-10-19-9-4-5-12-22(19)20/h1-16,24H,17H2/b14-13+,21-15+,23-16+. The minimum Gasteiger partial charge on any atom is -0.489 e. The molecule has 0 aliphatic carbocycles. The van der Waals surface area contributed by atoms with E-state index in [0.29, 0.717) is 12.4 Å². The van der Waals surface area contributed by atoms with Crippen LogP contribution >= 0.6 is 0 Å². The third-order valence-electron chi connectivity index (χ3n) is 3.80. The predicted octanol–water partition coefficient (Wildman–Crippen LogP) is 5.41. The third-order valence-corrected chi connectivity index (χ3v) is 3.80. The fourth-order valence-electron chi connectivity index (χ4n) is 2.57. The highest BCUT2D eigenvalue weighted by molar-refractivity contribution is 5.90. The molecule has 3 nitrogen and oxygen atoms in total. The fourth-order valence-corrected chi connectivity index (χ4v) is 2.57. The summed E-state index contributed by atoms with van der Waals surface area (Å²) in [5, 5.41) is 14.1. The van der Waals surface area contributed by atoms with E-state index in [4.69, 9.17) is 9.94 Å². The lowest BCUT2D eigenvalue weighted by atomic mass is 10.0. The lowest BCUT2D eigenvalue weighted by Gasteiger charge is -2.07. The summed E-state index contributed by atoms with van der Waals surface area (Å²) >= 11 is 0. The van der Waals surface area contributed by atoms with Crippen molar-refractivity contribution in [2.45, 2.75) is 6.61 Å². The Morgan fingerprint density at radius 2 is 1.68 bits per heavy atom. The van der Waals surface area contributed by atoms with Crippen LogP contribution in [0.4, 0.5) is 0 Å². The molecule has 0 fully saturated rings. The number of hydrogen-bond donors (Lipinski definition) is 1. The fraction of sp³-hybridized carbons (Fsp3) is 0.0455. The van der Waals surface area contributed by atoms with Crippen LogP contribution in [0.5, 0.6) is 0 Å². The topological polar surface area (TPSA) is 41.8 Å². The van der Waals surface area contributed by atoms with E-state index in [9.17, 15) is 0 Å². The summed E-state index contributed by atoms with van der Waals surface area (Å²) in [4.78, 5) is 0. The van der Waals surface area contributed by atoms with Crippen molar-refractivity contribution in [3.8, 4) is 0 Å². The van der Waals surface area contributed by atoms with Gasteiger partial charge in [-0.25, -0.2) is 0 Å². The van der Waals surface area contributed by atoms with Crippen molar-refractivity contribution >= 4 is 23.1 Å². The van der Waals surface area contributed by atoms with E-state index in [-0.39, 0.29) is 0 Å². The highest BCUT2D eigenvalue weighted by atomic mass is 16.5. The van der Waals surface area contributed by atoms with Gasteiger partial charge in [0.05, 0.1) is 6.21 Å². The Kier molecular flexibility index (Phi) is 5.62. The molecule has 0 aliphatic heterocycles. The van der Waals surface area contributed by atoms with Crippen molar-refractivity contribution in [2.24, 2.45) is 5.16 Å². The molecular weight excluding hydrogens is 310 g/mol. The zero-order valence-corrected chi connectivity index (χ0v) is 13.7. The summed E-state index contributed by atoms with van der Waals surface area (Å²) in [7, 11) is 0. The molecule has 0 unspecified atom stereocenters. The van der Waals surface area contributed by atoms with Crippen LogP contribution in [0.15, 0.2) is 95.9 Å². The second-order valence-corrected chi connectivity index (χ2v) is 5.51. The average Bonchev–Trinajstić information content (AvgIpc) is 2.68. The van der Waals surface area contributed by atoms with Crippen molar-refractivity contribution in [1.82, 2.24) is 0 Å². The summed E-state index contributed by atoms with van der Waals surface area (Å²) in [6.07, 6.45) is 6.81. The van der Waals surface area contributed by atoms with Crippen molar-refractivity contribution in [3.05, 3.63) is 102 Å². The second-order valence-electron chi connectivity index (χ2n) is 5.51. The van der Waals surface area contributed by atoms with Gasteiger partial charge in [-0.3, -0.25) is 0 Å². The van der Waals surface area contributed by atoms with Gasteiger partial charge in [0.25, 0.3) is 0 Å². The van der Waals surface area contributed by atoms with Crippen molar-refractivity contribution < 1.29 is 9.94 Å². The summed E-state index contributed by atoms with van der Waals surface area (Å²) in [5.74, 6) is 0.620. The first-order chi connectivity index (χ1) is 12.4. The first kappa shape index (κ1) is 16.5. The number of oxime groups is 1. The average molecular weight is 329 g/mol. The summed E-state index contributed by atoms with van der Waals surface area (Å²) in [6, 6.07) is 24.4. The molecule has 0 saturated heterocycles. The molecule has 0 radical (unpaired) electrons. The monoisotopic (exact) mass is 329 g/mol. The highest BCUT2D eigenvalue weighted by Crippen LogP contribution is 2.20. The van der Waals surface area contributed by atoms with Gasteiger partial charge in [-0.2, -0.15) is 0 Å². The maximum atomic E-state index is 8.67. The number of fused-ring (bicyclic) bond motifs is 1. The molecule has 124 valence electrons. The number of hydrogen-bond acceptors (Lipinski definition) is 3. The first-order valence-corrected chi connectivity index (χ1v) is 8.07. The van der Waals surface area contributed by atoms with Gasteiger partial charge in [-0.15, -0.1) is 0 Å². The smallest absolute Gasteiger partial charge is 0.121 e. The van der Waals surface area contributed by atoms with Crippen LogP contribution in [0.25, 0.3) is 16.8 Å². The Balaban J connectivity index is 1.80. The SMILES string of the molecule is O/N=C/C=C(\C=C\c1cccc2ccccc12)OCc1ccccc1. The Bertz CT molecular complexity index is 906. The molecule has 1 N–H and O–H groups in total. The van der Waals surface area contributed by atoms with Gasteiger partial charge in [0, 0.05) is 6.08 Å². The quantitative estimate of drug-likeness (QED) is 0.216. The number of ether oxygens (including phenoxy) is 1. The summed E-state index contributed by atoms with van der Waals surface area (Å²) < 4.78 is 5.84. The number of allylic oxidation sites excluding steroid dienone is 2. The maximum absolute atomic E-state index is 8.67. The minimum absolute atomic E-state index is 0.450. The normalized spacial score (nSPS) is 12.2. The van der Waals surface area contributed by atoms with Gasteiger partial charge in [0.1, 0.15) is 12.4 Å². The van der Waals surface area contributed by atoms with Crippen molar-refractivity contribution in [3.63, 3.8) is 0 Å². The van der Waals surface area contributed by atoms with Crippen LogP contribution in [-0.4, -0.2) is 11.4 Å². The first-order valence-electron chi connectivity index (χ1n) is 8.07. The van der Waals surface area contributed by atoms with E-state index >= 15 is 0 Å². The molecular formula is C22H19NO2. The molecule has 3 rings (SSSR count). The minimum atomic E-state index is 0.450. The number of nitrogens with zero attached hydrogens (tertiary/aromatic N) is 1. The molecule has 0 saturated carbocycles.